The van der Waals surface area contributed by atoms with Crippen LogP contribution in [0.2, 0.25) is 0 Å². The number of rotatable bonds is 6. The van der Waals surface area contributed by atoms with Crippen LogP contribution in [-0.4, -0.2) is 55.3 Å². The minimum Gasteiger partial charge on any atom is -0.396 e. The summed E-state index contributed by atoms with van der Waals surface area (Å²) in [4.78, 5) is 15.0. The van der Waals surface area contributed by atoms with Crippen molar-refractivity contribution in [2.75, 3.05) is 36.8 Å². The van der Waals surface area contributed by atoms with Gasteiger partial charge in [0, 0.05) is 41.3 Å². The third-order valence-electron chi connectivity index (χ3n) is 7.94. The Balaban J connectivity index is 1.36. The number of nitrogens with one attached hydrogen (secondary N) is 1. The first-order chi connectivity index (χ1) is 17.4. The summed E-state index contributed by atoms with van der Waals surface area (Å²) in [6, 6.07) is 13.6. The number of aromatic nitrogens is 1. The van der Waals surface area contributed by atoms with Crippen LogP contribution in [0.1, 0.15) is 54.9 Å². The zero-order chi connectivity index (χ0) is 24.9. The number of morpholine rings is 1. The quantitative estimate of drug-likeness (QED) is 0.514. The second-order valence-electron chi connectivity index (χ2n) is 10.1. The van der Waals surface area contributed by atoms with Gasteiger partial charge in [0.15, 0.2) is 0 Å². The van der Waals surface area contributed by atoms with Gasteiger partial charge >= 0.3 is 0 Å². The van der Waals surface area contributed by atoms with E-state index >= 15 is 0 Å². The van der Waals surface area contributed by atoms with Crippen molar-refractivity contribution in [3.63, 3.8) is 0 Å². The van der Waals surface area contributed by atoms with Crippen molar-refractivity contribution in [1.82, 2.24) is 9.47 Å². The van der Waals surface area contributed by atoms with Gasteiger partial charge in [0.25, 0.3) is 5.91 Å². The van der Waals surface area contributed by atoms with Crippen LogP contribution in [0, 0.1) is 0 Å². The van der Waals surface area contributed by atoms with E-state index in [1.807, 2.05) is 35.2 Å². The highest BCUT2D eigenvalue weighted by Gasteiger charge is 2.31. The Morgan fingerprint density at radius 2 is 1.67 bits per heavy atom. The second-order valence-corrected chi connectivity index (χ2v) is 12.1. The van der Waals surface area contributed by atoms with Crippen molar-refractivity contribution in [3.8, 4) is 11.3 Å². The molecule has 0 atom stereocenters. The number of benzene rings is 2. The lowest BCUT2D eigenvalue weighted by Gasteiger charge is -2.30. The minimum absolute atomic E-state index is 0.0183. The van der Waals surface area contributed by atoms with E-state index in [2.05, 4.69) is 9.29 Å². The molecule has 0 bridgehead atoms. The third kappa shape index (κ3) is 4.04. The van der Waals surface area contributed by atoms with Gasteiger partial charge in [0.1, 0.15) is 0 Å². The lowest BCUT2D eigenvalue weighted by Crippen LogP contribution is -2.40. The zero-order valence-corrected chi connectivity index (χ0v) is 21.1. The lowest BCUT2D eigenvalue weighted by atomic mass is 9.92. The van der Waals surface area contributed by atoms with Crippen LogP contribution in [0.25, 0.3) is 22.2 Å². The van der Waals surface area contributed by atoms with Gasteiger partial charge in [0.2, 0.25) is 10.0 Å². The molecule has 0 radical (unpaired) electrons. The molecule has 190 valence electrons. The second kappa shape index (κ2) is 9.12. The summed E-state index contributed by atoms with van der Waals surface area (Å²) in [5, 5.41) is 0.647. The van der Waals surface area contributed by atoms with Gasteiger partial charge in [0.05, 0.1) is 35.4 Å². The highest BCUT2D eigenvalue weighted by atomic mass is 32.2. The Labute approximate surface area is 211 Å². The Bertz CT molecular complexity index is 1400. The number of carbonyl (C=O) groups excluding carboxylic acids is 1. The monoisotopic (exact) mass is 508 g/mol. The molecule has 3 aromatic rings. The molecule has 3 aliphatic rings. The molecular formula is C27H32N4O4S. The number of nitrogens with zero attached hydrogens (tertiary/aromatic N) is 2. The predicted molar refractivity (Wildman–Crippen MR) is 142 cm³/mol. The summed E-state index contributed by atoms with van der Waals surface area (Å²) in [7, 11) is -3.35. The number of amides is 1. The molecule has 0 spiro atoms. The molecule has 2 aliphatic carbocycles. The highest BCUT2D eigenvalue weighted by molar-refractivity contribution is 7.93. The lowest BCUT2D eigenvalue weighted by molar-refractivity contribution is 0.0303. The molecule has 9 heteroatoms. The van der Waals surface area contributed by atoms with Gasteiger partial charge in [-0.05, 0) is 62.4 Å². The number of sulfonamides is 1. The van der Waals surface area contributed by atoms with E-state index in [0.29, 0.717) is 49.3 Å². The molecule has 1 aliphatic heterocycles. The summed E-state index contributed by atoms with van der Waals surface area (Å²) < 4.78 is 35.5. The molecule has 1 amide bonds. The van der Waals surface area contributed by atoms with E-state index in [-0.39, 0.29) is 11.2 Å². The number of hydrogen-bond acceptors (Lipinski definition) is 5. The summed E-state index contributed by atoms with van der Waals surface area (Å²) in [5.41, 5.74) is 11.5. The third-order valence-corrected chi connectivity index (χ3v) is 9.81. The predicted octanol–water partition coefficient (Wildman–Crippen LogP) is 4.38. The van der Waals surface area contributed by atoms with Gasteiger partial charge < -0.3 is 19.9 Å². The molecule has 1 aromatic heterocycles. The number of nitrogens with two attached hydrogens (primary N) is 1. The molecule has 3 fully saturated rings. The van der Waals surface area contributed by atoms with Crippen LogP contribution in [0.5, 0.6) is 0 Å². The molecule has 2 saturated carbocycles. The van der Waals surface area contributed by atoms with Crippen LogP contribution in [-0.2, 0) is 14.8 Å². The molecule has 36 heavy (non-hydrogen) atoms. The molecular weight excluding hydrogens is 476 g/mol. The molecule has 2 heterocycles. The number of ether oxygens (including phenoxy) is 1. The van der Waals surface area contributed by atoms with Gasteiger partial charge in [-0.3, -0.25) is 9.52 Å². The Kier molecular flexibility index (Phi) is 5.92. The molecule has 6 rings (SSSR count). The fraction of sp³-hybridized carbons (Fsp3) is 0.444. The molecule has 1 saturated heterocycles. The maximum atomic E-state index is 13.2. The summed E-state index contributed by atoms with van der Waals surface area (Å²) in [6.07, 6.45) is 5.71. The average Bonchev–Trinajstić information content (AvgIpc) is 3.08. The molecule has 0 unspecified atom stereocenters. The number of fused-ring (bicyclic) bond motifs is 1. The van der Waals surface area contributed by atoms with Crippen molar-refractivity contribution in [2.45, 2.75) is 49.8 Å². The van der Waals surface area contributed by atoms with Gasteiger partial charge in [-0.1, -0.05) is 18.6 Å². The van der Waals surface area contributed by atoms with Gasteiger partial charge in [-0.2, -0.15) is 0 Å². The fourth-order valence-electron chi connectivity index (χ4n) is 5.36. The van der Waals surface area contributed by atoms with Crippen LogP contribution in [0.15, 0.2) is 42.5 Å². The van der Waals surface area contributed by atoms with E-state index in [9.17, 15) is 13.2 Å². The largest absolute Gasteiger partial charge is 0.396 e. The van der Waals surface area contributed by atoms with Crippen molar-refractivity contribution in [2.24, 2.45) is 0 Å². The summed E-state index contributed by atoms with van der Waals surface area (Å²) >= 11 is 0. The Morgan fingerprint density at radius 1 is 0.972 bits per heavy atom. The van der Waals surface area contributed by atoms with Crippen LogP contribution >= 0.6 is 0 Å². The van der Waals surface area contributed by atoms with Crippen LogP contribution < -0.4 is 10.5 Å². The van der Waals surface area contributed by atoms with Gasteiger partial charge in [-0.15, -0.1) is 0 Å². The van der Waals surface area contributed by atoms with Gasteiger partial charge in [-0.25, -0.2) is 8.42 Å². The van der Waals surface area contributed by atoms with E-state index in [1.54, 1.807) is 12.1 Å². The first kappa shape index (κ1) is 23.4. The first-order valence-corrected chi connectivity index (χ1v) is 14.4. The highest BCUT2D eigenvalue weighted by Crippen LogP contribution is 2.44. The van der Waals surface area contributed by atoms with Crippen LogP contribution in [0.3, 0.4) is 0 Å². The number of anilines is 2. The zero-order valence-electron chi connectivity index (χ0n) is 20.3. The maximum Gasteiger partial charge on any atom is 0.254 e. The minimum atomic E-state index is -3.35. The number of carbonyl (C=O) groups is 1. The van der Waals surface area contributed by atoms with Crippen molar-refractivity contribution >= 4 is 38.2 Å². The van der Waals surface area contributed by atoms with Crippen molar-refractivity contribution in [1.29, 1.82) is 0 Å². The molecule has 8 nitrogen and oxygen atoms in total. The summed E-state index contributed by atoms with van der Waals surface area (Å²) in [5.74, 6) is 0.0183. The number of nitrogen functional groups attached to an aromatic ring is 1. The van der Waals surface area contributed by atoms with Crippen LogP contribution in [0.4, 0.5) is 11.4 Å². The van der Waals surface area contributed by atoms with Crippen molar-refractivity contribution < 1.29 is 17.9 Å². The first-order valence-electron chi connectivity index (χ1n) is 12.8. The summed E-state index contributed by atoms with van der Waals surface area (Å²) in [6.45, 7) is 2.34. The normalized spacial score (nSPS) is 19.2. The Morgan fingerprint density at radius 3 is 2.28 bits per heavy atom. The maximum absolute atomic E-state index is 13.2. The van der Waals surface area contributed by atoms with E-state index in [1.165, 1.54) is 0 Å². The Hall–Kier alpha value is -3.04. The van der Waals surface area contributed by atoms with E-state index in [4.69, 9.17) is 10.5 Å². The molecule has 2 aromatic carbocycles. The topological polar surface area (TPSA) is 107 Å². The SMILES string of the molecule is Nc1c(-c2ccc(NS(=O)(=O)C3CCC3)cc2)n(C2CCC2)c2cc(C(=O)N3CCOCC3)ccc12. The van der Waals surface area contributed by atoms with Crippen molar-refractivity contribution in [3.05, 3.63) is 48.0 Å². The average molecular weight is 509 g/mol. The van der Waals surface area contributed by atoms with E-state index < -0.39 is 10.0 Å². The standard InChI is InChI=1S/C27H32N4O4S/c28-25-23-12-9-19(27(32)30-13-15-35-16-14-30)17-24(23)31(21-3-1-4-21)26(25)18-7-10-20(11-8-18)29-36(33,34)22-5-2-6-22/h7-12,17,21-22,29H,1-6,13-16,28H2. The molecule has 3 N–H and O–H groups in total. The number of hydrogen-bond donors (Lipinski definition) is 2. The van der Waals surface area contributed by atoms with E-state index in [0.717, 1.165) is 60.7 Å². The smallest absolute Gasteiger partial charge is 0.254 e. The fourth-order valence-corrected chi connectivity index (χ4v) is 6.95.